The van der Waals surface area contributed by atoms with Crippen LogP contribution < -0.4 is 10.3 Å². The van der Waals surface area contributed by atoms with Crippen molar-refractivity contribution in [2.45, 2.75) is 6.61 Å². The summed E-state index contributed by atoms with van der Waals surface area (Å²) in [7, 11) is 0. The van der Waals surface area contributed by atoms with Crippen molar-refractivity contribution in [2.24, 2.45) is 0 Å². The van der Waals surface area contributed by atoms with Crippen LogP contribution in [-0.4, -0.2) is 14.6 Å². The van der Waals surface area contributed by atoms with Crippen LogP contribution in [0.2, 0.25) is 0 Å². The molecule has 118 valence electrons. The highest BCUT2D eigenvalue weighted by molar-refractivity contribution is 7.19. The summed E-state index contributed by atoms with van der Waals surface area (Å²) < 4.78 is 7.17. The molecule has 0 radical (unpaired) electrons. The van der Waals surface area contributed by atoms with Gasteiger partial charge in [0, 0.05) is 10.9 Å². The molecule has 0 saturated heterocycles. The SMILES string of the molecule is O=c1cc(-c2ccccc2)sc2nnc(COc3ccccc3)n12. The number of para-hydroxylation sites is 1. The second-order valence-electron chi connectivity index (χ2n) is 5.15. The third-order valence-electron chi connectivity index (χ3n) is 3.55. The second kappa shape index (κ2) is 6.25. The van der Waals surface area contributed by atoms with Gasteiger partial charge in [-0.2, -0.15) is 0 Å². The van der Waals surface area contributed by atoms with Crippen LogP contribution in [0.4, 0.5) is 0 Å². The van der Waals surface area contributed by atoms with Gasteiger partial charge in [0.05, 0.1) is 0 Å². The first kappa shape index (κ1) is 14.6. The van der Waals surface area contributed by atoms with Crippen molar-refractivity contribution >= 4 is 16.3 Å². The van der Waals surface area contributed by atoms with E-state index in [0.29, 0.717) is 10.8 Å². The molecule has 5 nitrogen and oxygen atoms in total. The molecule has 0 aliphatic carbocycles. The normalized spacial score (nSPS) is 10.8. The van der Waals surface area contributed by atoms with Crippen LogP contribution in [0.3, 0.4) is 0 Å². The highest BCUT2D eigenvalue weighted by Gasteiger charge is 2.12. The fraction of sp³-hybridized carbons (Fsp3) is 0.0556. The third kappa shape index (κ3) is 2.79. The van der Waals surface area contributed by atoms with Gasteiger partial charge in [-0.1, -0.05) is 59.9 Å². The molecular formula is C18H13N3O2S. The first-order valence-corrected chi connectivity index (χ1v) is 8.24. The van der Waals surface area contributed by atoms with E-state index in [1.807, 2.05) is 60.7 Å². The van der Waals surface area contributed by atoms with Crippen molar-refractivity contribution in [1.29, 1.82) is 0 Å². The Morgan fingerprint density at radius 2 is 1.67 bits per heavy atom. The Kier molecular flexibility index (Phi) is 3.80. The van der Waals surface area contributed by atoms with E-state index in [1.165, 1.54) is 15.7 Å². The Morgan fingerprint density at radius 3 is 2.42 bits per heavy atom. The molecule has 4 rings (SSSR count). The minimum absolute atomic E-state index is 0.153. The minimum atomic E-state index is -0.153. The Labute approximate surface area is 141 Å². The van der Waals surface area contributed by atoms with Gasteiger partial charge in [-0.3, -0.25) is 4.79 Å². The summed E-state index contributed by atoms with van der Waals surface area (Å²) in [5.41, 5.74) is 0.839. The van der Waals surface area contributed by atoms with Crippen LogP contribution in [0, 0.1) is 0 Å². The number of aromatic nitrogens is 3. The number of nitrogens with zero attached hydrogens (tertiary/aromatic N) is 3. The van der Waals surface area contributed by atoms with Crippen molar-refractivity contribution in [3.05, 3.63) is 82.9 Å². The molecular weight excluding hydrogens is 322 g/mol. The predicted octanol–water partition coefficient (Wildman–Crippen LogP) is 3.40. The van der Waals surface area contributed by atoms with Gasteiger partial charge >= 0.3 is 0 Å². The fourth-order valence-electron chi connectivity index (χ4n) is 2.40. The van der Waals surface area contributed by atoms with Crippen molar-refractivity contribution < 1.29 is 4.74 Å². The average Bonchev–Trinajstić information content (AvgIpc) is 3.05. The summed E-state index contributed by atoms with van der Waals surface area (Å²) in [5.74, 6) is 1.22. The number of hydrogen-bond donors (Lipinski definition) is 0. The molecule has 0 fully saturated rings. The third-order valence-corrected chi connectivity index (χ3v) is 4.57. The lowest BCUT2D eigenvalue weighted by molar-refractivity contribution is 0.294. The molecule has 4 aromatic rings. The molecule has 0 aliphatic heterocycles. The van der Waals surface area contributed by atoms with Crippen LogP contribution in [0.5, 0.6) is 5.75 Å². The molecule has 0 spiro atoms. The number of fused-ring (bicyclic) bond motifs is 1. The largest absolute Gasteiger partial charge is 0.486 e. The highest BCUT2D eigenvalue weighted by atomic mass is 32.1. The number of benzene rings is 2. The number of ether oxygens (including phenoxy) is 1. The fourth-order valence-corrected chi connectivity index (χ4v) is 3.37. The lowest BCUT2D eigenvalue weighted by Gasteiger charge is -2.04. The summed E-state index contributed by atoms with van der Waals surface area (Å²) in [5, 5.41) is 8.23. The maximum Gasteiger partial charge on any atom is 0.259 e. The molecule has 2 aromatic heterocycles. The minimum Gasteiger partial charge on any atom is -0.486 e. The molecule has 24 heavy (non-hydrogen) atoms. The van der Waals surface area contributed by atoms with Gasteiger partial charge in [0.1, 0.15) is 12.4 Å². The Bertz CT molecular complexity index is 1030. The van der Waals surface area contributed by atoms with E-state index >= 15 is 0 Å². The van der Waals surface area contributed by atoms with Crippen LogP contribution >= 0.6 is 11.3 Å². The lowest BCUT2D eigenvalue weighted by atomic mass is 10.2. The molecule has 0 atom stereocenters. The average molecular weight is 335 g/mol. The maximum absolute atomic E-state index is 12.5. The molecule has 2 aromatic carbocycles. The van der Waals surface area contributed by atoms with Crippen molar-refractivity contribution in [3.8, 4) is 16.2 Å². The molecule has 0 amide bonds. The van der Waals surface area contributed by atoms with Crippen molar-refractivity contribution in [3.63, 3.8) is 0 Å². The highest BCUT2D eigenvalue weighted by Crippen LogP contribution is 2.24. The Balaban J connectivity index is 1.68. The quantitative estimate of drug-likeness (QED) is 0.573. The Hall–Kier alpha value is -2.99. The standard InChI is InChI=1S/C18H13N3O2S/c22-17-11-15(13-7-3-1-4-8-13)24-18-20-19-16(21(17)18)12-23-14-9-5-2-6-10-14/h1-11H,12H2. The van der Waals surface area contributed by atoms with Crippen LogP contribution in [0.1, 0.15) is 5.82 Å². The molecule has 2 heterocycles. The zero-order valence-corrected chi connectivity index (χ0v) is 13.4. The van der Waals surface area contributed by atoms with E-state index in [-0.39, 0.29) is 12.2 Å². The van der Waals surface area contributed by atoms with Gasteiger partial charge in [0.25, 0.3) is 5.56 Å². The lowest BCUT2D eigenvalue weighted by Crippen LogP contribution is -2.15. The summed E-state index contributed by atoms with van der Waals surface area (Å²) in [6.07, 6.45) is 0. The molecule has 0 unspecified atom stereocenters. The van der Waals surface area contributed by atoms with E-state index in [4.69, 9.17) is 4.74 Å². The molecule has 0 aliphatic rings. The molecule has 0 bridgehead atoms. The van der Waals surface area contributed by atoms with Crippen molar-refractivity contribution in [2.75, 3.05) is 0 Å². The van der Waals surface area contributed by atoms with Gasteiger partial charge in [-0.25, -0.2) is 4.40 Å². The summed E-state index contributed by atoms with van der Waals surface area (Å²) in [4.78, 5) is 13.9. The molecule has 0 saturated carbocycles. The topological polar surface area (TPSA) is 56.5 Å². The van der Waals surface area contributed by atoms with E-state index in [1.54, 1.807) is 6.07 Å². The smallest absolute Gasteiger partial charge is 0.259 e. The first-order chi connectivity index (χ1) is 11.8. The molecule has 0 N–H and O–H groups in total. The second-order valence-corrected chi connectivity index (χ2v) is 6.16. The van der Waals surface area contributed by atoms with Crippen LogP contribution in [0.25, 0.3) is 15.4 Å². The van der Waals surface area contributed by atoms with Gasteiger partial charge in [0.15, 0.2) is 5.82 Å². The maximum atomic E-state index is 12.5. The monoisotopic (exact) mass is 335 g/mol. The van der Waals surface area contributed by atoms with Gasteiger partial charge < -0.3 is 4.74 Å². The predicted molar refractivity (Wildman–Crippen MR) is 93.3 cm³/mol. The zero-order chi connectivity index (χ0) is 16.4. The molecule has 6 heteroatoms. The zero-order valence-electron chi connectivity index (χ0n) is 12.6. The van der Waals surface area contributed by atoms with Gasteiger partial charge in [-0.15, -0.1) is 10.2 Å². The number of rotatable bonds is 4. The van der Waals surface area contributed by atoms with E-state index in [2.05, 4.69) is 10.2 Å². The summed E-state index contributed by atoms with van der Waals surface area (Å²) >= 11 is 1.43. The van der Waals surface area contributed by atoms with Gasteiger partial charge in [0.2, 0.25) is 4.96 Å². The van der Waals surface area contributed by atoms with Crippen LogP contribution in [0.15, 0.2) is 71.5 Å². The summed E-state index contributed by atoms with van der Waals surface area (Å²) in [6, 6.07) is 20.8. The van der Waals surface area contributed by atoms with Crippen molar-refractivity contribution in [1.82, 2.24) is 14.6 Å². The van der Waals surface area contributed by atoms with Gasteiger partial charge in [-0.05, 0) is 17.7 Å². The first-order valence-electron chi connectivity index (χ1n) is 7.43. The van der Waals surface area contributed by atoms with E-state index < -0.39 is 0 Å². The summed E-state index contributed by atoms with van der Waals surface area (Å²) in [6.45, 7) is 0.192. The number of hydrogen-bond acceptors (Lipinski definition) is 5. The van der Waals surface area contributed by atoms with E-state index in [9.17, 15) is 4.79 Å². The Morgan fingerprint density at radius 1 is 0.958 bits per heavy atom. The van der Waals surface area contributed by atoms with Crippen LogP contribution in [-0.2, 0) is 6.61 Å². The van der Waals surface area contributed by atoms with E-state index in [0.717, 1.165) is 16.2 Å².